The summed E-state index contributed by atoms with van der Waals surface area (Å²) in [4.78, 5) is 59.1. The number of aliphatic carboxylic acids is 1. The first-order valence-electron chi connectivity index (χ1n) is 11.1. The summed E-state index contributed by atoms with van der Waals surface area (Å²) in [5, 5.41) is 17.4. The van der Waals surface area contributed by atoms with E-state index >= 15 is 0 Å². The van der Waals surface area contributed by atoms with E-state index in [1.165, 1.54) is 11.8 Å². The molecule has 1 fully saturated rings. The highest BCUT2D eigenvalue weighted by atomic mass is 32.2. The molecule has 0 radical (unpaired) electrons. The molecule has 12 nitrogen and oxygen atoms in total. The second-order valence-corrected chi connectivity index (χ2v) is 10.0. The molecule has 2 aliphatic heterocycles. The lowest BCUT2D eigenvalue weighted by molar-refractivity contribution is -0.689. The average Bonchev–Trinajstić information content (AvgIpc) is 3.37. The van der Waals surface area contributed by atoms with Crippen LogP contribution in [-0.4, -0.2) is 74.3 Å². The smallest absolute Gasteiger partial charge is 0.471 e. The van der Waals surface area contributed by atoms with Gasteiger partial charge >= 0.3 is 18.1 Å². The van der Waals surface area contributed by atoms with Crippen LogP contribution in [0.2, 0.25) is 0 Å². The number of thioether (sulfide) groups is 1. The van der Waals surface area contributed by atoms with E-state index in [2.05, 4.69) is 21.4 Å². The maximum atomic E-state index is 13.1. The minimum atomic E-state index is -5.16. The van der Waals surface area contributed by atoms with Gasteiger partial charge in [-0.05, 0) is 0 Å². The summed E-state index contributed by atoms with van der Waals surface area (Å²) >= 11 is 1.84. The standard InChI is InChI=1S/C23H17F3N6O6S2/c1-2-8-38-30-14(13-11-40-22(27-13)29-21(37)23(24,25)26)17(33)28-15-18(34)32-16(20(35)36)12(10-39-19(15)32)9-31-6-4-3-5-7-31/h1,3-7,11,15,19H,8-10H2,(H2-,27,28,29,33,35,36,37)/p+1/t15?,19-/m0/s1. The summed E-state index contributed by atoms with van der Waals surface area (Å²) in [6.45, 7) is -0.120. The fourth-order valence-corrected chi connectivity index (χ4v) is 5.75. The van der Waals surface area contributed by atoms with E-state index in [4.69, 9.17) is 11.3 Å². The van der Waals surface area contributed by atoms with Gasteiger partial charge in [-0.3, -0.25) is 24.6 Å². The summed E-state index contributed by atoms with van der Waals surface area (Å²) < 4.78 is 39.5. The van der Waals surface area contributed by atoms with Crippen LogP contribution in [0.25, 0.3) is 0 Å². The summed E-state index contributed by atoms with van der Waals surface area (Å²) in [5.74, 6) is -2.84. The van der Waals surface area contributed by atoms with Crippen molar-refractivity contribution < 1.29 is 46.9 Å². The van der Waals surface area contributed by atoms with Gasteiger partial charge in [-0.25, -0.2) is 14.3 Å². The summed E-state index contributed by atoms with van der Waals surface area (Å²) in [6, 6.07) is 4.23. The van der Waals surface area contributed by atoms with Gasteiger partial charge in [-0.15, -0.1) is 29.5 Å². The molecular formula is C23H18F3N6O6S2+. The molecule has 3 N–H and O–H groups in total. The van der Waals surface area contributed by atoms with Crippen molar-refractivity contribution in [1.82, 2.24) is 15.2 Å². The minimum absolute atomic E-state index is 0.175. The number of alkyl halides is 3. The molecule has 0 bridgehead atoms. The Balaban J connectivity index is 1.52. The van der Waals surface area contributed by atoms with E-state index in [9.17, 15) is 37.5 Å². The van der Waals surface area contributed by atoms with Gasteiger partial charge < -0.3 is 15.3 Å². The van der Waals surface area contributed by atoms with Crippen LogP contribution in [0.15, 0.2) is 52.4 Å². The Kier molecular flexibility index (Phi) is 8.40. The Labute approximate surface area is 231 Å². The number of carboxylic acid groups (broad SMARTS) is 1. The van der Waals surface area contributed by atoms with Crippen LogP contribution in [0.5, 0.6) is 0 Å². The van der Waals surface area contributed by atoms with Crippen molar-refractivity contribution in [2.24, 2.45) is 5.16 Å². The number of hydrogen-bond donors (Lipinski definition) is 3. The number of oxime groups is 1. The average molecular weight is 596 g/mol. The number of thiazole rings is 1. The van der Waals surface area contributed by atoms with Crippen LogP contribution in [0.4, 0.5) is 18.3 Å². The molecular weight excluding hydrogens is 577 g/mol. The Bertz CT molecular complexity index is 1450. The molecule has 3 amide bonds. The molecule has 4 heterocycles. The lowest BCUT2D eigenvalue weighted by atomic mass is 10.0. The van der Waals surface area contributed by atoms with Crippen molar-refractivity contribution in [3.63, 3.8) is 0 Å². The molecule has 17 heteroatoms. The molecule has 1 unspecified atom stereocenters. The first kappa shape index (κ1) is 28.6. The molecule has 2 aromatic heterocycles. The number of terminal acetylenes is 1. The fourth-order valence-electron chi connectivity index (χ4n) is 3.72. The predicted molar refractivity (Wildman–Crippen MR) is 134 cm³/mol. The van der Waals surface area contributed by atoms with E-state index in [1.807, 2.05) is 0 Å². The van der Waals surface area contributed by atoms with E-state index in [-0.39, 0.29) is 30.3 Å². The van der Waals surface area contributed by atoms with Gasteiger partial charge in [0.25, 0.3) is 11.8 Å². The third kappa shape index (κ3) is 6.07. The normalized spacial score (nSPS) is 18.8. The van der Waals surface area contributed by atoms with Crippen LogP contribution < -0.4 is 15.2 Å². The molecule has 0 aliphatic carbocycles. The second-order valence-electron chi connectivity index (χ2n) is 8.07. The maximum Gasteiger partial charge on any atom is 0.471 e. The van der Waals surface area contributed by atoms with Gasteiger partial charge in [0.2, 0.25) is 0 Å². The number of β-lactam (4-membered cyclic amide) rings is 1. The lowest BCUT2D eigenvalue weighted by Crippen LogP contribution is -2.71. The summed E-state index contributed by atoms with van der Waals surface area (Å²) in [5.41, 5.74) is -0.457. The van der Waals surface area contributed by atoms with Crippen molar-refractivity contribution in [3.8, 4) is 12.3 Å². The number of hydrogen-bond acceptors (Lipinski definition) is 9. The summed E-state index contributed by atoms with van der Waals surface area (Å²) in [6.07, 6.45) is 3.46. The maximum absolute atomic E-state index is 13.1. The van der Waals surface area contributed by atoms with Gasteiger partial charge in [0.1, 0.15) is 22.8 Å². The number of carbonyl (C=O) groups is 4. The highest BCUT2D eigenvalue weighted by Crippen LogP contribution is 2.40. The van der Waals surface area contributed by atoms with Crippen molar-refractivity contribution in [2.75, 3.05) is 17.7 Å². The number of aromatic nitrogens is 2. The molecule has 0 aromatic carbocycles. The Hall–Kier alpha value is -4.43. The molecule has 40 heavy (non-hydrogen) atoms. The number of fused-ring (bicyclic) bond motifs is 1. The van der Waals surface area contributed by atoms with Gasteiger partial charge in [0, 0.05) is 28.8 Å². The van der Waals surface area contributed by atoms with E-state index in [1.54, 1.807) is 40.5 Å². The largest absolute Gasteiger partial charge is 0.477 e. The number of nitrogens with one attached hydrogen (secondary N) is 2. The Morgan fingerprint density at radius 1 is 1.30 bits per heavy atom. The predicted octanol–water partition coefficient (Wildman–Crippen LogP) is 0.724. The van der Waals surface area contributed by atoms with Crippen LogP contribution >= 0.6 is 23.1 Å². The number of amides is 3. The number of pyridine rings is 1. The van der Waals surface area contributed by atoms with Crippen LogP contribution in [0.3, 0.4) is 0 Å². The number of nitrogens with zero attached hydrogens (tertiary/aromatic N) is 4. The number of anilines is 1. The van der Waals surface area contributed by atoms with E-state index < -0.39 is 52.1 Å². The minimum Gasteiger partial charge on any atom is -0.477 e. The molecule has 2 aliphatic rings. The number of carboxylic acids is 1. The summed E-state index contributed by atoms with van der Waals surface area (Å²) in [7, 11) is 0. The Morgan fingerprint density at radius 2 is 2.02 bits per heavy atom. The number of rotatable bonds is 9. The molecule has 1 saturated heterocycles. The van der Waals surface area contributed by atoms with Gasteiger partial charge in [0.15, 0.2) is 36.4 Å². The van der Waals surface area contributed by atoms with E-state index in [0.29, 0.717) is 16.9 Å². The molecule has 4 rings (SSSR count). The molecule has 2 atom stereocenters. The topological polar surface area (TPSA) is 154 Å². The van der Waals surface area contributed by atoms with Crippen LogP contribution in [0, 0.1) is 12.3 Å². The Morgan fingerprint density at radius 3 is 2.67 bits per heavy atom. The van der Waals surface area contributed by atoms with Crippen LogP contribution in [-0.2, 0) is 30.6 Å². The number of halogens is 3. The van der Waals surface area contributed by atoms with Crippen LogP contribution in [0.1, 0.15) is 5.69 Å². The quantitative estimate of drug-likeness (QED) is 0.0958. The molecule has 208 valence electrons. The van der Waals surface area contributed by atoms with Gasteiger partial charge in [-0.1, -0.05) is 17.1 Å². The molecule has 0 spiro atoms. The third-order valence-electron chi connectivity index (χ3n) is 5.43. The van der Waals surface area contributed by atoms with E-state index in [0.717, 1.165) is 10.3 Å². The zero-order valence-electron chi connectivity index (χ0n) is 20.0. The third-order valence-corrected chi connectivity index (χ3v) is 7.53. The van der Waals surface area contributed by atoms with Gasteiger partial charge in [0.05, 0.1) is 0 Å². The second kappa shape index (κ2) is 11.8. The monoisotopic (exact) mass is 595 g/mol. The highest BCUT2D eigenvalue weighted by molar-refractivity contribution is 8.00. The first-order valence-corrected chi connectivity index (χ1v) is 13.1. The molecule has 2 aromatic rings. The molecule has 0 saturated carbocycles. The van der Waals surface area contributed by atoms with Crippen molar-refractivity contribution in [1.29, 1.82) is 0 Å². The fraction of sp³-hybridized carbons (Fsp3) is 0.261. The van der Waals surface area contributed by atoms with Crippen molar-refractivity contribution in [2.45, 2.75) is 24.1 Å². The van der Waals surface area contributed by atoms with Crippen molar-refractivity contribution >= 4 is 57.6 Å². The van der Waals surface area contributed by atoms with Gasteiger partial charge in [-0.2, -0.15) is 13.2 Å². The highest BCUT2D eigenvalue weighted by Gasteiger charge is 2.55. The first-order chi connectivity index (χ1) is 19.0. The lowest BCUT2D eigenvalue weighted by Gasteiger charge is -2.49. The van der Waals surface area contributed by atoms with Crippen molar-refractivity contribution in [3.05, 3.63) is 52.9 Å². The SMILES string of the molecule is C#CCON=C(C(=O)NC1C(=O)N2C(C(=O)O)=C(C[n+]3ccccc3)CS[C@@H]12)c1csc(NC(=O)C(F)(F)F)n1. The zero-order chi connectivity index (χ0) is 29.0. The number of carbonyl (C=O) groups excluding carboxylic acids is 3. The zero-order valence-corrected chi connectivity index (χ0v) is 21.7.